The molecule has 2 N–H and O–H groups in total. The largest absolute Gasteiger partial charge is 0.329 e. The quantitative estimate of drug-likeness (QED) is 0.798. The minimum absolute atomic E-state index is 0.247. The van der Waals surface area contributed by atoms with Crippen LogP contribution in [0.15, 0.2) is 0 Å². The van der Waals surface area contributed by atoms with Crippen molar-refractivity contribution in [2.24, 2.45) is 17.1 Å². The highest BCUT2D eigenvalue weighted by Crippen LogP contribution is 2.55. The second-order valence-electron chi connectivity index (χ2n) is 6.56. The van der Waals surface area contributed by atoms with E-state index in [1.807, 2.05) is 0 Å². The van der Waals surface area contributed by atoms with E-state index in [0.29, 0.717) is 5.41 Å². The van der Waals surface area contributed by atoms with E-state index in [0.717, 1.165) is 12.5 Å². The van der Waals surface area contributed by atoms with Gasteiger partial charge < -0.3 is 5.73 Å². The fourth-order valence-corrected chi connectivity index (χ4v) is 3.24. The van der Waals surface area contributed by atoms with Gasteiger partial charge in [0.05, 0.1) is 0 Å². The van der Waals surface area contributed by atoms with Crippen molar-refractivity contribution in [3.63, 3.8) is 0 Å². The molecule has 0 amide bonds. The zero-order chi connectivity index (χ0) is 11.8. The van der Waals surface area contributed by atoms with E-state index in [1.54, 1.807) is 0 Å². The van der Waals surface area contributed by atoms with Crippen LogP contribution in [0.4, 0.5) is 0 Å². The third-order valence-electron chi connectivity index (χ3n) is 5.41. The molecule has 1 saturated carbocycles. The molecule has 0 aromatic heterocycles. The Morgan fingerprint density at radius 1 is 1.31 bits per heavy atom. The molecule has 2 heteroatoms. The first-order valence-electron chi connectivity index (χ1n) is 6.97. The van der Waals surface area contributed by atoms with E-state index in [1.165, 1.54) is 45.2 Å². The Morgan fingerprint density at radius 3 is 2.56 bits per heavy atom. The SMILES string of the molecule is CC1CCCN(C(C)(CN)C2(C)CC2)CC1. The van der Waals surface area contributed by atoms with Crippen LogP contribution in [0.2, 0.25) is 0 Å². The summed E-state index contributed by atoms with van der Waals surface area (Å²) in [4.78, 5) is 2.70. The first-order valence-corrected chi connectivity index (χ1v) is 6.97. The average molecular weight is 224 g/mol. The van der Waals surface area contributed by atoms with Crippen LogP contribution < -0.4 is 5.73 Å². The third kappa shape index (κ3) is 2.02. The second kappa shape index (κ2) is 4.30. The van der Waals surface area contributed by atoms with Crippen LogP contribution >= 0.6 is 0 Å². The lowest BCUT2D eigenvalue weighted by atomic mass is 9.82. The average Bonchev–Trinajstić information content (AvgIpc) is 3.03. The lowest BCUT2D eigenvalue weighted by Crippen LogP contribution is -2.57. The van der Waals surface area contributed by atoms with Crippen LogP contribution in [-0.4, -0.2) is 30.1 Å². The fourth-order valence-electron chi connectivity index (χ4n) is 3.24. The predicted molar refractivity (Wildman–Crippen MR) is 69.4 cm³/mol. The Balaban J connectivity index is 2.08. The van der Waals surface area contributed by atoms with Gasteiger partial charge in [0.2, 0.25) is 0 Å². The van der Waals surface area contributed by atoms with Crippen molar-refractivity contribution in [3.05, 3.63) is 0 Å². The summed E-state index contributed by atoms with van der Waals surface area (Å²) in [5, 5.41) is 0. The highest BCUT2D eigenvalue weighted by molar-refractivity contribution is 5.09. The Labute approximate surface area is 101 Å². The molecule has 0 bridgehead atoms. The standard InChI is InChI=1S/C14H28N2/c1-12-5-4-9-16(10-6-12)14(3,11-15)13(2)7-8-13/h12H,4-11,15H2,1-3H3. The van der Waals surface area contributed by atoms with Crippen molar-refractivity contribution in [1.82, 2.24) is 4.90 Å². The van der Waals surface area contributed by atoms with Gasteiger partial charge >= 0.3 is 0 Å². The van der Waals surface area contributed by atoms with Crippen LogP contribution in [0.5, 0.6) is 0 Å². The fraction of sp³-hybridized carbons (Fsp3) is 1.00. The first kappa shape index (κ1) is 12.4. The molecule has 2 aliphatic rings. The summed E-state index contributed by atoms with van der Waals surface area (Å²) in [5.41, 5.74) is 6.85. The van der Waals surface area contributed by atoms with E-state index in [-0.39, 0.29) is 5.54 Å². The molecule has 1 aliphatic carbocycles. The van der Waals surface area contributed by atoms with E-state index in [2.05, 4.69) is 25.7 Å². The van der Waals surface area contributed by atoms with Crippen molar-refractivity contribution in [2.75, 3.05) is 19.6 Å². The van der Waals surface area contributed by atoms with Gasteiger partial charge in [-0.1, -0.05) is 13.8 Å². The summed E-state index contributed by atoms with van der Waals surface area (Å²) in [6.07, 6.45) is 6.84. The van der Waals surface area contributed by atoms with Gasteiger partial charge in [-0.25, -0.2) is 0 Å². The topological polar surface area (TPSA) is 29.3 Å². The van der Waals surface area contributed by atoms with Crippen molar-refractivity contribution in [2.45, 2.75) is 58.4 Å². The van der Waals surface area contributed by atoms with Crippen LogP contribution in [0.3, 0.4) is 0 Å². The van der Waals surface area contributed by atoms with E-state index in [9.17, 15) is 0 Å². The first-order chi connectivity index (χ1) is 7.52. The maximum Gasteiger partial charge on any atom is 0.0357 e. The van der Waals surface area contributed by atoms with Crippen molar-refractivity contribution >= 4 is 0 Å². The summed E-state index contributed by atoms with van der Waals surface area (Å²) in [5.74, 6) is 0.902. The van der Waals surface area contributed by atoms with Gasteiger partial charge in [-0.05, 0) is 63.5 Å². The molecule has 1 heterocycles. The summed E-state index contributed by atoms with van der Waals surface area (Å²) in [6, 6.07) is 0. The number of hydrogen-bond donors (Lipinski definition) is 1. The van der Waals surface area contributed by atoms with Crippen LogP contribution in [0.25, 0.3) is 0 Å². The van der Waals surface area contributed by atoms with Crippen molar-refractivity contribution in [3.8, 4) is 0 Å². The molecule has 0 spiro atoms. The molecule has 2 nitrogen and oxygen atoms in total. The molecular formula is C14H28N2. The highest BCUT2D eigenvalue weighted by atomic mass is 15.2. The Morgan fingerprint density at radius 2 is 2.00 bits per heavy atom. The molecule has 94 valence electrons. The predicted octanol–water partition coefficient (Wildman–Crippen LogP) is 2.63. The minimum atomic E-state index is 0.247. The van der Waals surface area contributed by atoms with Gasteiger partial charge in [-0.3, -0.25) is 4.90 Å². The monoisotopic (exact) mass is 224 g/mol. The third-order valence-corrected chi connectivity index (χ3v) is 5.41. The number of hydrogen-bond acceptors (Lipinski definition) is 2. The van der Waals surface area contributed by atoms with Crippen molar-refractivity contribution < 1.29 is 0 Å². The van der Waals surface area contributed by atoms with Gasteiger partial charge in [0.15, 0.2) is 0 Å². The van der Waals surface area contributed by atoms with Crippen molar-refractivity contribution in [1.29, 1.82) is 0 Å². The molecular weight excluding hydrogens is 196 g/mol. The molecule has 2 unspecified atom stereocenters. The van der Waals surface area contributed by atoms with E-state index >= 15 is 0 Å². The summed E-state index contributed by atoms with van der Waals surface area (Å²) < 4.78 is 0. The van der Waals surface area contributed by atoms with Gasteiger partial charge in [-0.2, -0.15) is 0 Å². The Bertz CT molecular complexity index is 247. The summed E-state index contributed by atoms with van der Waals surface area (Å²) >= 11 is 0. The zero-order valence-corrected chi connectivity index (χ0v) is 11.3. The minimum Gasteiger partial charge on any atom is -0.329 e. The molecule has 2 fully saturated rings. The Kier molecular flexibility index (Phi) is 3.33. The number of nitrogens with two attached hydrogens (primary N) is 1. The van der Waals surface area contributed by atoms with Gasteiger partial charge in [-0.15, -0.1) is 0 Å². The van der Waals surface area contributed by atoms with Crippen LogP contribution in [0.1, 0.15) is 52.9 Å². The zero-order valence-electron chi connectivity index (χ0n) is 11.3. The van der Waals surface area contributed by atoms with Crippen LogP contribution in [0, 0.1) is 11.3 Å². The molecule has 16 heavy (non-hydrogen) atoms. The maximum atomic E-state index is 6.11. The summed E-state index contributed by atoms with van der Waals surface area (Å²) in [6.45, 7) is 10.5. The van der Waals surface area contributed by atoms with Crippen LogP contribution in [-0.2, 0) is 0 Å². The molecule has 1 aliphatic heterocycles. The molecule has 0 aromatic rings. The number of nitrogens with zero attached hydrogens (tertiary/aromatic N) is 1. The van der Waals surface area contributed by atoms with Gasteiger partial charge in [0.1, 0.15) is 0 Å². The molecule has 0 radical (unpaired) electrons. The van der Waals surface area contributed by atoms with E-state index < -0.39 is 0 Å². The Hall–Kier alpha value is -0.0800. The van der Waals surface area contributed by atoms with Gasteiger partial charge in [0, 0.05) is 12.1 Å². The maximum absolute atomic E-state index is 6.11. The molecule has 2 atom stereocenters. The lowest BCUT2D eigenvalue weighted by molar-refractivity contribution is 0.0499. The number of likely N-dealkylation sites (tertiary alicyclic amines) is 1. The lowest BCUT2D eigenvalue weighted by Gasteiger charge is -2.45. The number of rotatable bonds is 3. The van der Waals surface area contributed by atoms with E-state index in [4.69, 9.17) is 5.73 Å². The molecule has 2 rings (SSSR count). The highest BCUT2D eigenvalue weighted by Gasteiger charge is 2.54. The molecule has 0 aromatic carbocycles. The van der Waals surface area contributed by atoms with Gasteiger partial charge in [0.25, 0.3) is 0 Å². The normalized spacial score (nSPS) is 34.1. The molecule has 1 saturated heterocycles. The summed E-state index contributed by atoms with van der Waals surface area (Å²) in [7, 11) is 0. The smallest absolute Gasteiger partial charge is 0.0357 e. The second-order valence-corrected chi connectivity index (χ2v) is 6.56.